The molecule has 4 rings (SSSR count). The van der Waals surface area contributed by atoms with Gasteiger partial charge in [-0.15, -0.1) is 0 Å². The Morgan fingerprint density at radius 3 is 3.20 bits per heavy atom. The Bertz CT molecular complexity index is 729. The van der Waals surface area contributed by atoms with Crippen LogP contribution in [0, 0.1) is 0 Å². The van der Waals surface area contributed by atoms with Crippen molar-refractivity contribution in [3.8, 4) is 0 Å². The van der Waals surface area contributed by atoms with Gasteiger partial charge in [-0.05, 0) is 18.2 Å². The molecule has 1 aliphatic rings. The molecule has 3 heterocycles. The van der Waals surface area contributed by atoms with Crippen LogP contribution in [0.3, 0.4) is 0 Å². The summed E-state index contributed by atoms with van der Waals surface area (Å²) < 4.78 is 2.04. The van der Waals surface area contributed by atoms with Crippen LogP contribution in [0.4, 0.5) is 0 Å². The van der Waals surface area contributed by atoms with Crippen molar-refractivity contribution < 1.29 is 4.84 Å². The lowest BCUT2D eigenvalue weighted by Gasteiger charge is -1.88. The zero-order chi connectivity index (χ0) is 9.83. The molecule has 0 atom stereocenters. The van der Waals surface area contributed by atoms with Crippen LogP contribution in [-0.2, 0) is 11.4 Å². The Morgan fingerprint density at radius 1 is 1.27 bits per heavy atom. The maximum atomic E-state index is 5.06. The van der Waals surface area contributed by atoms with Gasteiger partial charge in [0.2, 0.25) is 0 Å². The van der Waals surface area contributed by atoms with E-state index in [2.05, 4.69) is 10.1 Å². The summed E-state index contributed by atoms with van der Waals surface area (Å²) in [7, 11) is 0. The van der Waals surface area contributed by atoms with Crippen molar-refractivity contribution in [2.24, 2.45) is 5.16 Å². The van der Waals surface area contributed by atoms with Crippen LogP contribution >= 0.6 is 0 Å². The molecule has 0 amide bonds. The fraction of sp³-hybridized carbons (Fsp3) is 0.0909. The molecule has 0 N–H and O–H groups in total. The van der Waals surface area contributed by atoms with Gasteiger partial charge in [0.1, 0.15) is 12.3 Å². The van der Waals surface area contributed by atoms with Crippen molar-refractivity contribution in [3.63, 3.8) is 0 Å². The third-order valence-corrected chi connectivity index (χ3v) is 2.76. The summed E-state index contributed by atoms with van der Waals surface area (Å²) in [5.74, 6) is 0. The molecule has 0 saturated carbocycles. The first-order valence-corrected chi connectivity index (χ1v) is 4.82. The molecule has 0 fully saturated rings. The monoisotopic (exact) mass is 197 g/mol. The molecule has 0 aliphatic carbocycles. The third kappa shape index (κ3) is 0.771. The Kier molecular flexibility index (Phi) is 1.10. The number of aromatic nitrogens is 2. The van der Waals surface area contributed by atoms with Gasteiger partial charge in [0, 0.05) is 5.56 Å². The molecule has 1 aliphatic heterocycles. The van der Waals surface area contributed by atoms with Crippen LogP contribution in [0.5, 0.6) is 0 Å². The molecule has 3 aromatic rings. The van der Waals surface area contributed by atoms with E-state index in [1.165, 1.54) is 0 Å². The van der Waals surface area contributed by atoms with Crippen molar-refractivity contribution in [1.29, 1.82) is 0 Å². The van der Waals surface area contributed by atoms with Gasteiger partial charge in [-0.25, -0.2) is 4.98 Å². The van der Waals surface area contributed by atoms with E-state index < -0.39 is 0 Å². The summed E-state index contributed by atoms with van der Waals surface area (Å²) >= 11 is 0. The molecule has 15 heavy (non-hydrogen) atoms. The molecule has 0 spiro atoms. The number of benzene rings is 1. The second-order valence-electron chi connectivity index (χ2n) is 3.65. The molecular weight excluding hydrogens is 190 g/mol. The summed E-state index contributed by atoms with van der Waals surface area (Å²) in [6, 6.07) is 10.1. The molecule has 0 radical (unpaired) electrons. The lowest BCUT2D eigenvalue weighted by molar-refractivity contribution is 0.140. The zero-order valence-corrected chi connectivity index (χ0v) is 7.84. The van der Waals surface area contributed by atoms with Crippen LogP contribution in [0.1, 0.15) is 5.56 Å². The van der Waals surface area contributed by atoms with E-state index in [-0.39, 0.29) is 0 Å². The lowest BCUT2D eigenvalue weighted by Crippen LogP contribution is -2.08. The smallest absolute Gasteiger partial charge is 0.185 e. The first-order valence-electron chi connectivity index (χ1n) is 4.82. The quantitative estimate of drug-likeness (QED) is 0.544. The molecule has 2 aromatic heterocycles. The zero-order valence-electron chi connectivity index (χ0n) is 7.84. The summed E-state index contributed by atoms with van der Waals surface area (Å²) in [5, 5.41) is 4.03. The highest BCUT2D eigenvalue weighted by Crippen LogP contribution is 2.17. The van der Waals surface area contributed by atoms with Crippen LogP contribution < -0.4 is 5.49 Å². The van der Waals surface area contributed by atoms with Gasteiger partial charge in [-0.1, -0.05) is 17.3 Å². The van der Waals surface area contributed by atoms with Gasteiger partial charge in [-0.3, -0.25) is 4.40 Å². The van der Waals surface area contributed by atoms with Gasteiger partial charge in [0.25, 0.3) is 0 Å². The van der Waals surface area contributed by atoms with Crippen molar-refractivity contribution in [1.82, 2.24) is 9.38 Å². The predicted molar refractivity (Wildman–Crippen MR) is 54.2 cm³/mol. The maximum Gasteiger partial charge on any atom is 0.185 e. The lowest BCUT2D eigenvalue weighted by atomic mass is 10.3. The first-order chi connectivity index (χ1) is 7.43. The summed E-state index contributed by atoms with van der Waals surface area (Å²) in [6.07, 6.45) is 0. The second kappa shape index (κ2) is 2.28. The molecular formula is C11H7N3O. The Labute approximate surface area is 84.8 Å². The fourth-order valence-electron chi connectivity index (χ4n) is 2.10. The summed E-state index contributed by atoms with van der Waals surface area (Å²) in [6.45, 7) is 0.563. The molecule has 0 unspecified atom stereocenters. The van der Waals surface area contributed by atoms with E-state index in [9.17, 15) is 0 Å². The molecule has 4 nitrogen and oxygen atoms in total. The number of fused-ring (bicyclic) bond motifs is 5. The van der Waals surface area contributed by atoms with Crippen LogP contribution in [-0.4, -0.2) is 9.38 Å². The fourth-order valence-corrected chi connectivity index (χ4v) is 2.10. The minimum Gasteiger partial charge on any atom is -0.389 e. The van der Waals surface area contributed by atoms with Gasteiger partial charge in [-0.2, -0.15) is 0 Å². The van der Waals surface area contributed by atoms with Crippen molar-refractivity contribution >= 4 is 16.7 Å². The standard InChI is InChI=1S/C11H7N3O/c1-2-4-9-8(3-1)12-10-5-7-6-15-13-11(7)14(9)10/h1-5H,6H2. The second-order valence-corrected chi connectivity index (χ2v) is 3.65. The Balaban J connectivity index is 2.36. The Morgan fingerprint density at radius 2 is 2.20 bits per heavy atom. The molecule has 0 bridgehead atoms. The van der Waals surface area contributed by atoms with Crippen molar-refractivity contribution in [2.45, 2.75) is 6.61 Å². The highest BCUT2D eigenvalue weighted by molar-refractivity contribution is 5.80. The topological polar surface area (TPSA) is 38.9 Å². The largest absolute Gasteiger partial charge is 0.389 e. The van der Waals surface area contributed by atoms with Crippen LogP contribution in [0.25, 0.3) is 16.7 Å². The number of hydrogen-bond donors (Lipinski definition) is 0. The highest BCUT2D eigenvalue weighted by Gasteiger charge is 2.15. The van der Waals surface area contributed by atoms with Gasteiger partial charge < -0.3 is 4.84 Å². The van der Waals surface area contributed by atoms with E-state index in [0.29, 0.717) is 6.61 Å². The van der Waals surface area contributed by atoms with Crippen LogP contribution in [0.2, 0.25) is 0 Å². The van der Waals surface area contributed by atoms with Gasteiger partial charge >= 0.3 is 0 Å². The molecule has 4 heteroatoms. The van der Waals surface area contributed by atoms with Gasteiger partial charge in [0.05, 0.1) is 11.0 Å². The van der Waals surface area contributed by atoms with E-state index in [1.54, 1.807) is 0 Å². The summed E-state index contributed by atoms with van der Waals surface area (Å²) in [4.78, 5) is 9.58. The average Bonchev–Trinajstić information content (AvgIpc) is 2.85. The Hall–Kier alpha value is -2.10. The SMILES string of the molecule is c1ccc2c(c1)nc1cc3c(n12)=NOC3. The molecule has 0 saturated heterocycles. The van der Waals surface area contributed by atoms with Crippen molar-refractivity contribution in [3.05, 3.63) is 41.4 Å². The number of hydrogen-bond acceptors (Lipinski definition) is 3. The summed E-state index contributed by atoms with van der Waals surface area (Å²) in [5.41, 5.74) is 5.04. The maximum absolute atomic E-state index is 5.06. The minimum atomic E-state index is 0.563. The van der Waals surface area contributed by atoms with E-state index in [4.69, 9.17) is 4.84 Å². The van der Waals surface area contributed by atoms with E-state index in [1.807, 2.05) is 34.7 Å². The minimum absolute atomic E-state index is 0.563. The van der Waals surface area contributed by atoms with E-state index >= 15 is 0 Å². The first kappa shape index (κ1) is 7.23. The highest BCUT2D eigenvalue weighted by atomic mass is 16.6. The predicted octanol–water partition coefficient (Wildman–Crippen LogP) is 1.27. The number of nitrogens with zero attached hydrogens (tertiary/aromatic N) is 3. The van der Waals surface area contributed by atoms with Crippen LogP contribution in [0.15, 0.2) is 35.5 Å². The molecule has 72 valence electrons. The molecule has 1 aromatic carbocycles. The van der Waals surface area contributed by atoms with E-state index in [0.717, 1.165) is 27.7 Å². The number of rotatable bonds is 0. The third-order valence-electron chi connectivity index (χ3n) is 2.76. The normalized spacial score (nSPS) is 14.1. The van der Waals surface area contributed by atoms with Crippen molar-refractivity contribution in [2.75, 3.05) is 0 Å². The average molecular weight is 197 g/mol. The number of imidazole rings is 1. The number of para-hydroxylation sites is 2. The van der Waals surface area contributed by atoms with Gasteiger partial charge in [0.15, 0.2) is 5.49 Å².